The van der Waals surface area contributed by atoms with Gasteiger partial charge in [-0.15, -0.1) is 0 Å². The Morgan fingerprint density at radius 2 is 2.07 bits per heavy atom. The number of anilines is 1. The summed E-state index contributed by atoms with van der Waals surface area (Å²) in [6, 6.07) is 1.98. The monoisotopic (exact) mass is 206 g/mol. The van der Waals surface area contributed by atoms with E-state index in [1.807, 2.05) is 6.07 Å². The molecule has 0 saturated carbocycles. The zero-order chi connectivity index (χ0) is 10.5. The van der Waals surface area contributed by atoms with E-state index in [-0.39, 0.29) is 0 Å². The number of rotatable bonds is 3. The minimum atomic E-state index is 1.06. The normalized spacial score (nSPS) is 18.1. The first-order valence-electron chi connectivity index (χ1n) is 5.63. The maximum absolute atomic E-state index is 4.27. The number of nitrogens with zero attached hydrogens (tertiary/aromatic N) is 4. The summed E-state index contributed by atoms with van der Waals surface area (Å²) in [5, 5.41) is 0. The highest BCUT2D eigenvalue weighted by atomic mass is 15.3. The Hall–Kier alpha value is -1.16. The molecule has 0 amide bonds. The highest BCUT2D eigenvalue weighted by Gasteiger charge is 2.16. The zero-order valence-corrected chi connectivity index (χ0v) is 9.26. The second kappa shape index (κ2) is 5.07. The van der Waals surface area contributed by atoms with Gasteiger partial charge in [0.25, 0.3) is 0 Å². The smallest absolute Gasteiger partial charge is 0.131 e. The van der Waals surface area contributed by atoms with Crippen molar-refractivity contribution in [3.8, 4) is 0 Å². The SMILES string of the molecule is CCCN1CCN(c2ccncn2)CC1. The van der Waals surface area contributed by atoms with Crippen LogP contribution in [0.2, 0.25) is 0 Å². The Kier molecular flexibility index (Phi) is 3.50. The van der Waals surface area contributed by atoms with E-state index in [4.69, 9.17) is 0 Å². The Balaban J connectivity index is 1.88. The van der Waals surface area contributed by atoms with Gasteiger partial charge in [-0.1, -0.05) is 6.92 Å². The number of aromatic nitrogens is 2. The predicted molar refractivity (Wildman–Crippen MR) is 61.0 cm³/mol. The molecule has 1 aromatic heterocycles. The fraction of sp³-hybridized carbons (Fsp3) is 0.636. The molecule has 0 N–H and O–H groups in total. The summed E-state index contributed by atoms with van der Waals surface area (Å²) in [6.45, 7) is 7.91. The zero-order valence-electron chi connectivity index (χ0n) is 9.26. The second-order valence-corrected chi connectivity index (χ2v) is 3.90. The summed E-state index contributed by atoms with van der Waals surface area (Å²) in [4.78, 5) is 13.0. The third-order valence-corrected chi connectivity index (χ3v) is 2.80. The third-order valence-electron chi connectivity index (χ3n) is 2.80. The van der Waals surface area contributed by atoms with Crippen LogP contribution in [-0.4, -0.2) is 47.6 Å². The minimum absolute atomic E-state index is 1.06. The molecule has 4 heteroatoms. The van der Waals surface area contributed by atoms with Gasteiger partial charge in [0.05, 0.1) is 0 Å². The summed E-state index contributed by atoms with van der Waals surface area (Å²) >= 11 is 0. The summed E-state index contributed by atoms with van der Waals surface area (Å²) < 4.78 is 0. The van der Waals surface area contributed by atoms with Crippen molar-refractivity contribution < 1.29 is 0 Å². The van der Waals surface area contributed by atoms with Crippen molar-refractivity contribution in [2.24, 2.45) is 0 Å². The second-order valence-electron chi connectivity index (χ2n) is 3.90. The van der Waals surface area contributed by atoms with Crippen LogP contribution >= 0.6 is 0 Å². The van der Waals surface area contributed by atoms with Crippen LogP contribution in [0.15, 0.2) is 18.6 Å². The Labute approximate surface area is 90.9 Å². The Bertz CT molecular complexity index is 280. The van der Waals surface area contributed by atoms with Gasteiger partial charge in [-0.05, 0) is 19.0 Å². The van der Waals surface area contributed by atoms with E-state index >= 15 is 0 Å². The maximum atomic E-state index is 4.27. The van der Waals surface area contributed by atoms with Crippen LogP contribution in [0, 0.1) is 0 Å². The van der Waals surface area contributed by atoms with Crippen LogP contribution in [-0.2, 0) is 0 Å². The number of piperazine rings is 1. The molecule has 0 aliphatic carbocycles. The van der Waals surface area contributed by atoms with Crippen LogP contribution in [0.1, 0.15) is 13.3 Å². The van der Waals surface area contributed by atoms with Crippen molar-refractivity contribution in [3.63, 3.8) is 0 Å². The first kappa shape index (κ1) is 10.4. The average molecular weight is 206 g/mol. The lowest BCUT2D eigenvalue weighted by atomic mass is 10.3. The molecule has 0 atom stereocenters. The number of hydrogen-bond donors (Lipinski definition) is 0. The molecule has 15 heavy (non-hydrogen) atoms. The Morgan fingerprint density at radius 1 is 1.27 bits per heavy atom. The van der Waals surface area contributed by atoms with E-state index in [1.165, 1.54) is 13.0 Å². The fourth-order valence-electron chi connectivity index (χ4n) is 1.99. The molecule has 1 saturated heterocycles. The minimum Gasteiger partial charge on any atom is -0.354 e. The lowest BCUT2D eigenvalue weighted by Gasteiger charge is -2.35. The van der Waals surface area contributed by atoms with Crippen LogP contribution in [0.25, 0.3) is 0 Å². The van der Waals surface area contributed by atoms with Crippen molar-refractivity contribution in [1.29, 1.82) is 0 Å². The van der Waals surface area contributed by atoms with Gasteiger partial charge in [0.2, 0.25) is 0 Å². The lowest BCUT2D eigenvalue weighted by Crippen LogP contribution is -2.46. The standard InChI is InChI=1S/C11H18N4/c1-2-5-14-6-8-15(9-7-14)11-3-4-12-10-13-11/h3-4,10H,2,5-9H2,1H3. The van der Waals surface area contributed by atoms with E-state index in [9.17, 15) is 0 Å². The molecule has 2 rings (SSSR count). The Morgan fingerprint density at radius 3 is 2.67 bits per heavy atom. The molecule has 1 aliphatic rings. The summed E-state index contributed by atoms with van der Waals surface area (Å²) in [7, 11) is 0. The van der Waals surface area contributed by atoms with Crippen molar-refractivity contribution in [2.45, 2.75) is 13.3 Å². The van der Waals surface area contributed by atoms with Crippen LogP contribution < -0.4 is 4.90 Å². The molecule has 4 nitrogen and oxygen atoms in total. The van der Waals surface area contributed by atoms with Gasteiger partial charge in [0.15, 0.2) is 0 Å². The average Bonchev–Trinajstić information content (AvgIpc) is 2.32. The highest BCUT2D eigenvalue weighted by molar-refractivity contribution is 5.36. The third kappa shape index (κ3) is 2.65. The van der Waals surface area contributed by atoms with E-state index in [1.54, 1.807) is 12.5 Å². The summed E-state index contributed by atoms with van der Waals surface area (Å²) in [5.41, 5.74) is 0. The van der Waals surface area contributed by atoms with E-state index in [0.717, 1.165) is 32.0 Å². The quantitative estimate of drug-likeness (QED) is 0.739. The van der Waals surface area contributed by atoms with Crippen molar-refractivity contribution in [3.05, 3.63) is 18.6 Å². The van der Waals surface area contributed by atoms with E-state index in [0.29, 0.717) is 0 Å². The van der Waals surface area contributed by atoms with Gasteiger partial charge in [0.1, 0.15) is 12.1 Å². The molecule has 1 aliphatic heterocycles. The van der Waals surface area contributed by atoms with Crippen molar-refractivity contribution in [1.82, 2.24) is 14.9 Å². The molecule has 1 aromatic rings. The largest absolute Gasteiger partial charge is 0.354 e. The molecule has 0 radical (unpaired) electrons. The van der Waals surface area contributed by atoms with Gasteiger partial charge in [-0.3, -0.25) is 4.90 Å². The number of hydrogen-bond acceptors (Lipinski definition) is 4. The van der Waals surface area contributed by atoms with Gasteiger partial charge < -0.3 is 4.90 Å². The fourth-order valence-corrected chi connectivity index (χ4v) is 1.99. The lowest BCUT2D eigenvalue weighted by molar-refractivity contribution is 0.258. The molecule has 1 fully saturated rings. The molecule has 0 bridgehead atoms. The van der Waals surface area contributed by atoms with Crippen LogP contribution in [0.3, 0.4) is 0 Å². The predicted octanol–water partition coefficient (Wildman–Crippen LogP) is 1.01. The molecule has 0 unspecified atom stereocenters. The van der Waals surface area contributed by atoms with Crippen molar-refractivity contribution in [2.75, 3.05) is 37.6 Å². The van der Waals surface area contributed by atoms with Crippen LogP contribution in [0.5, 0.6) is 0 Å². The van der Waals surface area contributed by atoms with Crippen molar-refractivity contribution >= 4 is 5.82 Å². The van der Waals surface area contributed by atoms with Gasteiger partial charge in [0, 0.05) is 32.4 Å². The van der Waals surface area contributed by atoms with Crippen LogP contribution in [0.4, 0.5) is 5.82 Å². The molecule has 82 valence electrons. The molecule has 0 spiro atoms. The molecular weight excluding hydrogens is 188 g/mol. The summed E-state index contributed by atoms with van der Waals surface area (Å²) in [6.07, 6.45) is 4.67. The highest BCUT2D eigenvalue weighted by Crippen LogP contribution is 2.11. The topological polar surface area (TPSA) is 32.3 Å². The molecular formula is C11H18N4. The van der Waals surface area contributed by atoms with Gasteiger partial charge in [-0.25, -0.2) is 9.97 Å². The maximum Gasteiger partial charge on any atom is 0.131 e. The molecule has 2 heterocycles. The first-order chi connectivity index (χ1) is 7.40. The van der Waals surface area contributed by atoms with Gasteiger partial charge in [-0.2, -0.15) is 0 Å². The van der Waals surface area contributed by atoms with E-state index in [2.05, 4.69) is 26.7 Å². The summed E-state index contributed by atoms with van der Waals surface area (Å²) in [5.74, 6) is 1.06. The van der Waals surface area contributed by atoms with Gasteiger partial charge >= 0.3 is 0 Å². The first-order valence-corrected chi connectivity index (χ1v) is 5.63. The van der Waals surface area contributed by atoms with E-state index < -0.39 is 0 Å². The molecule has 0 aromatic carbocycles.